The highest BCUT2D eigenvalue weighted by molar-refractivity contribution is 5.89. The molecule has 0 aromatic heterocycles. The summed E-state index contributed by atoms with van der Waals surface area (Å²) < 4.78 is 17.0. The molecule has 1 N–H and O–H groups in total. The SMILES string of the molecule is CC[C@@]12OC(=N)[C@@](C#N)([C@H]1C)C(C#N)(C#N)[C@H](c1ccc(OC)cc1)O2. The van der Waals surface area contributed by atoms with E-state index >= 15 is 0 Å². The van der Waals surface area contributed by atoms with Crippen LogP contribution in [0.1, 0.15) is 31.9 Å². The number of nitrogens with zero attached hydrogens (tertiary/aromatic N) is 3. The van der Waals surface area contributed by atoms with E-state index in [4.69, 9.17) is 19.6 Å². The number of methoxy groups -OCH3 is 1. The lowest BCUT2D eigenvalue weighted by Crippen LogP contribution is -2.58. The van der Waals surface area contributed by atoms with Gasteiger partial charge in [0.15, 0.2) is 5.41 Å². The second-order valence-electron chi connectivity index (χ2n) is 6.54. The number of hydrogen-bond acceptors (Lipinski definition) is 7. The fourth-order valence-corrected chi connectivity index (χ4v) is 4.12. The van der Waals surface area contributed by atoms with Gasteiger partial charge in [-0.05, 0) is 17.7 Å². The van der Waals surface area contributed by atoms with Crippen LogP contribution in [0.3, 0.4) is 0 Å². The molecule has 26 heavy (non-hydrogen) atoms. The summed E-state index contributed by atoms with van der Waals surface area (Å²) in [6.45, 7) is 3.52. The molecule has 0 spiro atoms. The van der Waals surface area contributed by atoms with Gasteiger partial charge in [0.05, 0.1) is 31.2 Å². The summed E-state index contributed by atoms with van der Waals surface area (Å²) in [5.74, 6) is -1.64. The molecule has 1 aromatic rings. The summed E-state index contributed by atoms with van der Waals surface area (Å²) in [7, 11) is 1.54. The molecule has 2 aliphatic rings. The van der Waals surface area contributed by atoms with Crippen LogP contribution in [-0.2, 0) is 9.47 Å². The highest BCUT2D eigenvalue weighted by Gasteiger charge is 2.78. The summed E-state index contributed by atoms with van der Waals surface area (Å²) in [5, 5.41) is 38.3. The van der Waals surface area contributed by atoms with Crippen LogP contribution in [-0.4, -0.2) is 18.8 Å². The molecular weight excluding hydrogens is 332 g/mol. The standard InChI is InChI=1S/C19H18N4O3/c1-4-19-12(2)18(11-22,16(23)26-19)17(9-20,10-21)15(25-19)13-5-7-14(24-3)8-6-13/h5-8,12,15,23H,4H2,1-3H3/t12-,15+,18-,19-/m1/s1. The van der Waals surface area contributed by atoms with Gasteiger partial charge >= 0.3 is 0 Å². The van der Waals surface area contributed by atoms with Crippen molar-refractivity contribution in [1.29, 1.82) is 21.2 Å². The van der Waals surface area contributed by atoms with Gasteiger partial charge in [0, 0.05) is 6.42 Å². The van der Waals surface area contributed by atoms with E-state index in [1.54, 1.807) is 31.2 Å². The normalized spacial score (nSPS) is 34.1. The van der Waals surface area contributed by atoms with E-state index in [1.165, 1.54) is 7.11 Å². The molecule has 0 radical (unpaired) electrons. The summed E-state index contributed by atoms with van der Waals surface area (Å²) in [4.78, 5) is 0. The van der Waals surface area contributed by atoms with Crippen molar-refractivity contribution in [2.75, 3.05) is 7.11 Å². The monoisotopic (exact) mass is 350 g/mol. The Morgan fingerprint density at radius 1 is 1.15 bits per heavy atom. The van der Waals surface area contributed by atoms with E-state index in [0.717, 1.165) is 0 Å². The van der Waals surface area contributed by atoms with Gasteiger partial charge in [0.25, 0.3) is 0 Å². The maximum Gasteiger partial charge on any atom is 0.217 e. The minimum Gasteiger partial charge on any atom is -0.497 e. The molecule has 0 unspecified atom stereocenters. The van der Waals surface area contributed by atoms with E-state index in [-0.39, 0.29) is 5.90 Å². The molecule has 2 fully saturated rings. The number of hydrogen-bond donors (Lipinski definition) is 1. The van der Waals surface area contributed by atoms with Gasteiger partial charge in [-0.3, -0.25) is 5.41 Å². The summed E-state index contributed by atoms with van der Waals surface area (Å²) >= 11 is 0. The Bertz CT molecular complexity index is 862. The Balaban J connectivity index is 2.28. The highest BCUT2D eigenvalue weighted by atomic mass is 16.7. The maximum absolute atomic E-state index is 10.0. The second-order valence-corrected chi connectivity index (χ2v) is 6.54. The molecule has 0 saturated carbocycles. The Kier molecular flexibility index (Phi) is 3.91. The van der Waals surface area contributed by atoms with Crippen molar-refractivity contribution in [3.8, 4) is 24.0 Å². The topological polar surface area (TPSA) is 123 Å². The third-order valence-corrected chi connectivity index (χ3v) is 5.72. The van der Waals surface area contributed by atoms with Gasteiger partial charge in [-0.25, -0.2) is 0 Å². The lowest BCUT2D eigenvalue weighted by molar-refractivity contribution is -0.280. The molecule has 3 rings (SSSR count). The molecule has 0 amide bonds. The molecule has 7 heteroatoms. The lowest BCUT2D eigenvalue weighted by Gasteiger charge is -2.48. The van der Waals surface area contributed by atoms with Crippen LogP contribution in [0.5, 0.6) is 5.75 Å². The van der Waals surface area contributed by atoms with Gasteiger partial charge in [-0.1, -0.05) is 26.0 Å². The van der Waals surface area contributed by atoms with Crippen molar-refractivity contribution < 1.29 is 14.2 Å². The third kappa shape index (κ3) is 1.80. The van der Waals surface area contributed by atoms with Crippen LogP contribution in [0.4, 0.5) is 0 Å². The average Bonchev–Trinajstić information content (AvgIpc) is 2.84. The molecule has 2 aliphatic heterocycles. The smallest absolute Gasteiger partial charge is 0.217 e. The molecule has 2 saturated heterocycles. The van der Waals surface area contributed by atoms with Gasteiger partial charge in [0.1, 0.15) is 11.9 Å². The van der Waals surface area contributed by atoms with Crippen LogP contribution in [0.2, 0.25) is 0 Å². The predicted octanol–water partition coefficient (Wildman–Crippen LogP) is 3.06. The number of benzene rings is 1. The van der Waals surface area contributed by atoms with Crippen LogP contribution in [0, 0.1) is 56.2 Å². The zero-order valence-electron chi connectivity index (χ0n) is 14.7. The molecule has 132 valence electrons. The number of nitriles is 3. The van der Waals surface area contributed by atoms with Crippen molar-refractivity contribution in [3.63, 3.8) is 0 Å². The summed E-state index contributed by atoms with van der Waals surface area (Å²) in [6.07, 6.45) is -0.665. The molecule has 4 atom stereocenters. The molecule has 7 nitrogen and oxygen atoms in total. The van der Waals surface area contributed by atoms with Gasteiger partial charge in [0.2, 0.25) is 17.1 Å². The first-order valence-electron chi connectivity index (χ1n) is 8.25. The molecule has 0 aliphatic carbocycles. The first-order chi connectivity index (χ1) is 12.4. The van der Waals surface area contributed by atoms with Crippen LogP contribution in [0.25, 0.3) is 0 Å². The molecule has 2 bridgehead atoms. The highest BCUT2D eigenvalue weighted by Crippen LogP contribution is 2.66. The van der Waals surface area contributed by atoms with Crippen LogP contribution >= 0.6 is 0 Å². The predicted molar refractivity (Wildman–Crippen MR) is 89.5 cm³/mol. The Morgan fingerprint density at radius 2 is 1.77 bits per heavy atom. The van der Waals surface area contributed by atoms with Crippen molar-refractivity contribution in [2.24, 2.45) is 16.7 Å². The van der Waals surface area contributed by atoms with Crippen molar-refractivity contribution in [2.45, 2.75) is 32.2 Å². The summed E-state index contributed by atoms with van der Waals surface area (Å²) in [6, 6.07) is 12.9. The fourth-order valence-electron chi connectivity index (χ4n) is 4.12. The lowest BCUT2D eigenvalue weighted by atomic mass is 9.53. The molecular formula is C19H18N4O3. The Labute approximate surface area is 151 Å². The van der Waals surface area contributed by atoms with Gasteiger partial charge in [-0.15, -0.1) is 0 Å². The fraction of sp³-hybridized carbons (Fsp3) is 0.474. The zero-order valence-corrected chi connectivity index (χ0v) is 14.7. The molecule has 2 heterocycles. The summed E-state index contributed by atoms with van der Waals surface area (Å²) in [5.41, 5.74) is -3.08. The quantitative estimate of drug-likeness (QED) is 0.893. The number of rotatable bonds is 3. The van der Waals surface area contributed by atoms with E-state index in [1.807, 2.05) is 19.1 Å². The van der Waals surface area contributed by atoms with Crippen LogP contribution in [0.15, 0.2) is 24.3 Å². The van der Waals surface area contributed by atoms with Crippen molar-refractivity contribution in [1.82, 2.24) is 0 Å². The third-order valence-electron chi connectivity index (χ3n) is 5.72. The first kappa shape index (κ1) is 17.7. The number of ether oxygens (including phenoxy) is 3. The maximum atomic E-state index is 10.0. The van der Waals surface area contributed by atoms with Crippen molar-refractivity contribution >= 4 is 5.90 Å². The van der Waals surface area contributed by atoms with Crippen LogP contribution < -0.4 is 4.74 Å². The van der Waals surface area contributed by atoms with Gasteiger partial charge < -0.3 is 14.2 Å². The van der Waals surface area contributed by atoms with E-state index in [0.29, 0.717) is 17.7 Å². The largest absolute Gasteiger partial charge is 0.497 e. The Morgan fingerprint density at radius 3 is 2.23 bits per heavy atom. The minimum absolute atomic E-state index is 0.375. The zero-order chi connectivity index (χ0) is 19.2. The number of fused-ring (bicyclic) bond motifs is 2. The first-order valence-corrected chi connectivity index (χ1v) is 8.25. The van der Waals surface area contributed by atoms with Crippen molar-refractivity contribution in [3.05, 3.63) is 29.8 Å². The number of nitrogens with one attached hydrogen (secondary N) is 1. The van der Waals surface area contributed by atoms with Gasteiger partial charge in [-0.2, -0.15) is 15.8 Å². The minimum atomic E-state index is -1.91. The second kappa shape index (κ2) is 5.73. The Hall–Kier alpha value is -3.08. The molecule has 1 aromatic carbocycles. The van der Waals surface area contributed by atoms with E-state index < -0.39 is 28.6 Å². The van der Waals surface area contributed by atoms with E-state index in [2.05, 4.69) is 6.07 Å². The average molecular weight is 350 g/mol. The van der Waals surface area contributed by atoms with E-state index in [9.17, 15) is 15.8 Å².